The highest BCUT2D eigenvalue weighted by atomic mass is 16.6. The maximum Gasteiger partial charge on any atom is 0.309 e. The van der Waals surface area contributed by atoms with Gasteiger partial charge in [-0.3, -0.25) is 4.79 Å². The molecule has 4 heteroatoms. The molecule has 5 rings (SSSR count). The number of hydrogen-bond donors (Lipinski definition) is 1. The number of benzene rings is 1. The normalized spacial score (nSPS) is 36.1. The van der Waals surface area contributed by atoms with Crippen molar-refractivity contribution in [2.45, 2.75) is 68.4 Å². The van der Waals surface area contributed by atoms with Crippen LogP contribution in [0.5, 0.6) is 5.75 Å². The molecule has 1 unspecified atom stereocenters. The molecule has 4 nitrogen and oxygen atoms in total. The molecule has 0 aromatic heterocycles. The molecular formula is C21H27NO3. The van der Waals surface area contributed by atoms with Gasteiger partial charge in [-0.15, -0.1) is 0 Å². The SMILES string of the molecule is COc1ccc2c(c1)[C@@]13CCCCC1(OC(=O)C1CC1)[C@@H](C2)NCC3. The number of methoxy groups -OCH3 is 1. The lowest BCUT2D eigenvalue weighted by molar-refractivity contribution is -0.192. The summed E-state index contributed by atoms with van der Waals surface area (Å²) in [7, 11) is 1.73. The standard InChI is InChI=1S/C21H27NO3/c1-24-16-7-6-15-12-18-21(25-19(23)14-4-5-14)9-3-2-8-20(21,10-11-22-18)17(15)13-16/h6-7,13-14,18,22H,2-5,8-12H2,1H3/t18-,20+,21?/m1/s1. The van der Waals surface area contributed by atoms with Crippen LogP contribution in [0.4, 0.5) is 0 Å². The first-order valence-corrected chi connectivity index (χ1v) is 9.82. The second kappa shape index (κ2) is 5.47. The molecule has 1 saturated heterocycles. The van der Waals surface area contributed by atoms with Crippen molar-refractivity contribution >= 4 is 5.97 Å². The first kappa shape index (κ1) is 15.7. The van der Waals surface area contributed by atoms with Crippen molar-refractivity contribution in [2.75, 3.05) is 13.7 Å². The first-order valence-electron chi connectivity index (χ1n) is 9.82. The van der Waals surface area contributed by atoms with Crippen molar-refractivity contribution in [2.24, 2.45) is 5.92 Å². The van der Waals surface area contributed by atoms with Crippen LogP contribution in [0.3, 0.4) is 0 Å². The lowest BCUT2D eigenvalue weighted by atomic mass is 9.50. The number of piperidine rings is 1. The fourth-order valence-corrected chi connectivity index (χ4v) is 5.80. The predicted octanol–water partition coefficient (Wildman–Crippen LogP) is 3.12. The summed E-state index contributed by atoms with van der Waals surface area (Å²) in [5.41, 5.74) is 2.36. The van der Waals surface area contributed by atoms with Crippen molar-refractivity contribution in [1.82, 2.24) is 5.32 Å². The van der Waals surface area contributed by atoms with Crippen molar-refractivity contribution in [3.8, 4) is 5.75 Å². The van der Waals surface area contributed by atoms with Gasteiger partial charge in [-0.25, -0.2) is 0 Å². The van der Waals surface area contributed by atoms with E-state index in [0.717, 1.165) is 57.2 Å². The van der Waals surface area contributed by atoms with Gasteiger partial charge >= 0.3 is 5.97 Å². The van der Waals surface area contributed by atoms with Gasteiger partial charge in [-0.2, -0.15) is 0 Å². The summed E-state index contributed by atoms with van der Waals surface area (Å²) in [5.74, 6) is 1.12. The van der Waals surface area contributed by atoms with Gasteiger partial charge in [0.15, 0.2) is 0 Å². The van der Waals surface area contributed by atoms with E-state index in [-0.39, 0.29) is 28.9 Å². The van der Waals surface area contributed by atoms with Gasteiger partial charge in [0.05, 0.1) is 19.1 Å². The van der Waals surface area contributed by atoms with Gasteiger partial charge < -0.3 is 14.8 Å². The maximum absolute atomic E-state index is 12.7. The summed E-state index contributed by atoms with van der Waals surface area (Å²) in [4.78, 5) is 12.7. The zero-order valence-corrected chi connectivity index (χ0v) is 15.0. The van der Waals surface area contributed by atoms with Gasteiger partial charge in [-0.05, 0) is 74.8 Å². The topological polar surface area (TPSA) is 47.6 Å². The zero-order valence-electron chi connectivity index (χ0n) is 15.0. The van der Waals surface area contributed by atoms with E-state index in [9.17, 15) is 4.79 Å². The van der Waals surface area contributed by atoms with E-state index in [2.05, 4.69) is 23.5 Å². The number of fused-ring (bicyclic) bond motifs is 1. The van der Waals surface area contributed by atoms with E-state index >= 15 is 0 Å². The number of esters is 1. The summed E-state index contributed by atoms with van der Waals surface area (Å²) in [6.07, 6.45) is 8.46. The van der Waals surface area contributed by atoms with Crippen LogP contribution in [0.15, 0.2) is 18.2 Å². The molecular weight excluding hydrogens is 314 g/mol. The molecule has 3 atom stereocenters. The van der Waals surface area contributed by atoms with E-state index in [0.29, 0.717) is 0 Å². The Hall–Kier alpha value is -1.55. The molecule has 4 aliphatic rings. The summed E-state index contributed by atoms with van der Waals surface area (Å²) < 4.78 is 12.0. The molecule has 25 heavy (non-hydrogen) atoms. The predicted molar refractivity (Wildman–Crippen MR) is 94.8 cm³/mol. The molecule has 2 saturated carbocycles. The molecule has 134 valence electrons. The summed E-state index contributed by atoms with van der Waals surface area (Å²) in [6, 6.07) is 6.75. The van der Waals surface area contributed by atoms with E-state index in [1.165, 1.54) is 17.5 Å². The number of carbonyl (C=O) groups is 1. The van der Waals surface area contributed by atoms with Gasteiger partial charge in [0.25, 0.3) is 0 Å². The van der Waals surface area contributed by atoms with Crippen molar-refractivity contribution < 1.29 is 14.3 Å². The lowest BCUT2D eigenvalue weighted by Gasteiger charge is -2.62. The van der Waals surface area contributed by atoms with Crippen LogP contribution in [0.25, 0.3) is 0 Å². The molecule has 1 aliphatic heterocycles. The summed E-state index contributed by atoms with van der Waals surface area (Å²) in [5, 5.41) is 3.71. The number of hydrogen-bond acceptors (Lipinski definition) is 4. The van der Waals surface area contributed by atoms with Crippen LogP contribution in [0.2, 0.25) is 0 Å². The minimum Gasteiger partial charge on any atom is -0.497 e. The molecule has 3 aliphatic carbocycles. The fourth-order valence-electron chi connectivity index (χ4n) is 5.80. The average molecular weight is 341 g/mol. The van der Waals surface area contributed by atoms with E-state index in [4.69, 9.17) is 9.47 Å². The molecule has 1 heterocycles. The Morgan fingerprint density at radius 3 is 2.84 bits per heavy atom. The highest BCUT2D eigenvalue weighted by Crippen LogP contribution is 2.59. The Morgan fingerprint density at radius 1 is 1.20 bits per heavy atom. The molecule has 3 fully saturated rings. The number of rotatable bonds is 3. The quantitative estimate of drug-likeness (QED) is 0.858. The van der Waals surface area contributed by atoms with Crippen molar-refractivity contribution in [3.05, 3.63) is 29.3 Å². The minimum atomic E-state index is -0.372. The van der Waals surface area contributed by atoms with Gasteiger partial charge in [0.1, 0.15) is 11.4 Å². The fraction of sp³-hybridized carbons (Fsp3) is 0.667. The van der Waals surface area contributed by atoms with Gasteiger partial charge in [0, 0.05) is 5.41 Å². The molecule has 1 aromatic rings. The Labute approximate surface area is 149 Å². The zero-order chi connectivity index (χ0) is 17.1. The van der Waals surface area contributed by atoms with Gasteiger partial charge in [0.2, 0.25) is 0 Å². The lowest BCUT2D eigenvalue weighted by Crippen LogP contribution is -2.73. The Balaban J connectivity index is 1.66. The van der Waals surface area contributed by atoms with Crippen molar-refractivity contribution in [3.63, 3.8) is 0 Å². The third kappa shape index (κ3) is 2.13. The molecule has 2 bridgehead atoms. The second-order valence-corrected chi connectivity index (χ2v) is 8.36. The van der Waals surface area contributed by atoms with Crippen LogP contribution < -0.4 is 10.1 Å². The minimum absolute atomic E-state index is 0.0475. The molecule has 1 N–H and O–H groups in total. The molecule has 0 spiro atoms. The molecule has 0 radical (unpaired) electrons. The number of carbonyl (C=O) groups excluding carboxylic acids is 1. The highest BCUT2D eigenvalue weighted by molar-refractivity contribution is 5.76. The Kier molecular flexibility index (Phi) is 3.43. The highest BCUT2D eigenvalue weighted by Gasteiger charge is 2.65. The third-order valence-corrected chi connectivity index (χ3v) is 7.17. The van der Waals surface area contributed by atoms with Crippen molar-refractivity contribution in [1.29, 1.82) is 0 Å². The summed E-state index contributed by atoms with van der Waals surface area (Å²) >= 11 is 0. The average Bonchev–Trinajstić information content (AvgIpc) is 3.46. The van der Waals surface area contributed by atoms with E-state index < -0.39 is 0 Å². The van der Waals surface area contributed by atoms with Gasteiger partial charge in [-0.1, -0.05) is 12.5 Å². The molecule has 0 amide bonds. The summed E-state index contributed by atoms with van der Waals surface area (Å²) in [6.45, 7) is 1.00. The van der Waals surface area contributed by atoms with Crippen LogP contribution in [0.1, 0.15) is 56.1 Å². The Morgan fingerprint density at radius 2 is 2.04 bits per heavy atom. The smallest absolute Gasteiger partial charge is 0.309 e. The van der Waals surface area contributed by atoms with E-state index in [1.54, 1.807) is 7.11 Å². The first-order chi connectivity index (χ1) is 12.2. The maximum atomic E-state index is 12.7. The third-order valence-electron chi connectivity index (χ3n) is 7.17. The molecule has 1 aromatic carbocycles. The van der Waals surface area contributed by atoms with Crippen LogP contribution in [0, 0.1) is 5.92 Å². The van der Waals surface area contributed by atoms with E-state index in [1.807, 2.05) is 0 Å². The number of ether oxygens (including phenoxy) is 2. The second-order valence-electron chi connectivity index (χ2n) is 8.36. The monoisotopic (exact) mass is 341 g/mol. The Bertz CT molecular complexity index is 709. The number of nitrogens with one attached hydrogen (secondary N) is 1. The van der Waals surface area contributed by atoms with Crippen LogP contribution in [-0.4, -0.2) is 31.3 Å². The van der Waals surface area contributed by atoms with Crippen LogP contribution >= 0.6 is 0 Å². The largest absolute Gasteiger partial charge is 0.497 e. The van der Waals surface area contributed by atoms with Crippen LogP contribution in [-0.2, 0) is 21.4 Å².